The van der Waals surface area contributed by atoms with E-state index in [4.69, 9.17) is 5.90 Å². The molecule has 1 saturated heterocycles. The van der Waals surface area contributed by atoms with E-state index in [0.29, 0.717) is 24.9 Å². The minimum absolute atomic E-state index is 0.311. The Morgan fingerprint density at radius 3 is 2.67 bits per heavy atom. The molecule has 1 heterocycles. The van der Waals surface area contributed by atoms with Gasteiger partial charge < -0.3 is 9.74 Å². The molecule has 0 aliphatic carbocycles. The Kier molecular flexibility index (Phi) is 5.65. The molecule has 0 aromatic rings. The van der Waals surface area contributed by atoms with E-state index in [-0.39, 0.29) is 0 Å². The molecule has 1 aliphatic rings. The summed E-state index contributed by atoms with van der Waals surface area (Å²) in [6.07, 6.45) is 4.85. The summed E-state index contributed by atoms with van der Waals surface area (Å²) in [5.41, 5.74) is 0. The number of piperidine rings is 1. The predicted octanol–water partition coefficient (Wildman–Crippen LogP) is 1.31. The maximum absolute atomic E-state index is 11.6. The first-order chi connectivity index (χ1) is 7.27. The number of carbonyl (C=O) groups is 1. The van der Waals surface area contributed by atoms with Crippen LogP contribution in [0, 0.1) is 5.92 Å². The van der Waals surface area contributed by atoms with E-state index >= 15 is 0 Å². The minimum atomic E-state index is 0.311. The third-order valence-corrected chi connectivity index (χ3v) is 3.08. The average molecular weight is 214 g/mol. The van der Waals surface area contributed by atoms with Crippen LogP contribution in [0.25, 0.3) is 0 Å². The fourth-order valence-corrected chi connectivity index (χ4v) is 2.08. The van der Waals surface area contributed by atoms with Crippen LogP contribution in [0.15, 0.2) is 0 Å². The van der Waals surface area contributed by atoms with Crippen molar-refractivity contribution in [2.24, 2.45) is 11.8 Å². The third kappa shape index (κ3) is 4.18. The Balaban J connectivity index is 2.20. The Labute approximate surface area is 91.7 Å². The van der Waals surface area contributed by atoms with E-state index in [9.17, 15) is 4.79 Å². The zero-order chi connectivity index (χ0) is 11.1. The lowest BCUT2D eigenvalue weighted by molar-refractivity contribution is -0.132. The van der Waals surface area contributed by atoms with E-state index in [0.717, 1.165) is 38.8 Å². The molecular weight excluding hydrogens is 192 g/mol. The first kappa shape index (κ1) is 12.5. The number of nitrogens with two attached hydrogens (primary N) is 1. The van der Waals surface area contributed by atoms with Crippen LogP contribution >= 0.6 is 0 Å². The second-order valence-electron chi connectivity index (χ2n) is 4.23. The molecule has 0 aromatic carbocycles. The van der Waals surface area contributed by atoms with Crippen molar-refractivity contribution in [1.82, 2.24) is 4.90 Å². The fourth-order valence-electron chi connectivity index (χ4n) is 2.08. The van der Waals surface area contributed by atoms with Crippen LogP contribution in [0.4, 0.5) is 0 Å². The van der Waals surface area contributed by atoms with Crippen LogP contribution in [-0.2, 0) is 9.63 Å². The van der Waals surface area contributed by atoms with Gasteiger partial charge in [-0.05, 0) is 31.6 Å². The number of hydrogen-bond acceptors (Lipinski definition) is 3. The topological polar surface area (TPSA) is 55.6 Å². The highest BCUT2D eigenvalue weighted by Crippen LogP contribution is 2.20. The molecule has 0 unspecified atom stereocenters. The molecule has 0 radical (unpaired) electrons. The van der Waals surface area contributed by atoms with Gasteiger partial charge in [0.15, 0.2) is 0 Å². The predicted molar refractivity (Wildman–Crippen MR) is 59.0 cm³/mol. The highest BCUT2D eigenvalue weighted by molar-refractivity contribution is 5.76. The highest BCUT2D eigenvalue weighted by Gasteiger charge is 2.21. The molecule has 2 N–H and O–H groups in total. The monoisotopic (exact) mass is 214 g/mol. The Bertz CT molecular complexity index is 189. The summed E-state index contributed by atoms with van der Waals surface area (Å²) in [5, 5.41) is 0. The molecule has 0 atom stereocenters. The average Bonchev–Trinajstić information content (AvgIpc) is 2.27. The van der Waals surface area contributed by atoms with Gasteiger partial charge in [-0.2, -0.15) is 0 Å². The number of likely N-dealkylation sites (tertiary alicyclic amines) is 1. The number of carbonyl (C=O) groups excluding carboxylic acids is 1. The van der Waals surface area contributed by atoms with Gasteiger partial charge in [-0.3, -0.25) is 4.79 Å². The SMILES string of the molecule is CCCC(=O)N1CCC(CCON)CC1. The summed E-state index contributed by atoms with van der Waals surface area (Å²) in [6, 6.07) is 0. The Morgan fingerprint density at radius 2 is 2.13 bits per heavy atom. The molecule has 1 fully saturated rings. The summed E-state index contributed by atoms with van der Waals surface area (Å²) in [4.78, 5) is 18.2. The molecular formula is C11H22N2O2. The molecule has 1 aliphatic heterocycles. The van der Waals surface area contributed by atoms with Gasteiger partial charge in [-0.1, -0.05) is 6.92 Å². The van der Waals surface area contributed by atoms with Crippen LogP contribution in [0.3, 0.4) is 0 Å². The second kappa shape index (κ2) is 6.80. The molecule has 0 bridgehead atoms. The summed E-state index contributed by atoms with van der Waals surface area (Å²) in [5.74, 6) is 5.99. The number of rotatable bonds is 5. The lowest BCUT2D eigenvalue weighted by atomic mass is 9.94. The molecule has 0 saturated carbocycles. The molecule has 1 amide bonds. The van der Waals surface area contributed by atoms with Crippen molar-refractivity contribution in [2.75, 3.05) is 19.7 Å². The first-order valence-corrected chi connectivity index (χ1v) is 5.87. The van der Waals surface area contributed by atoms with Gasteiger partial charge in [0, 0.05) is 19.5 Å². The summed E-state index contributed by atoms with van der Waals surface area (Å²) < 4.78 is 0. The summed E-state index contributed by atoms with van der Waals surface area (Å²) in [6.45, 7) is 4.50. The van der Waals surface area contributed by atoms with Crippen molar-refractivity contribution in [2.45, 2.75) is 39.0 Å². The van der Waals surface area contributed by atoms with Gasteiger partial charge in [0.05, 0.1) is 6.61 Å². The largest absolute Gasteiger partial charge is 0.343 e. The normalized spacial score (nSPS) is 18.1. The van der Waals surface area contributed by atoms with Crippen molar-refractivity contribution in [3.05, 3.63) is 0 Å². The zero-order valence-electron chi connectivity index (χ0n) is 9.58. The van der Waals surface area contributed by atoms with Crippen LogP contribution < -0.4 is 5.90 Å². The number of amides is 1. The number of hydrogen-bond donors (Lipinski definition) is 1. The third-order valence-electron chi connectivity index (χ3n) is 3.08. The van der Waals surface area contributed by atoms with Crippen molar-refractivity contribution in [3.63, 3.8) is 0 Å². The lowest BCUT2D eigenvalue weighted by Crippen LogP contribution is -2.38. The molecule has 0 aromatic heterocycles. The molecule has 4 heteroatoms. The summed E-state index contributed by atoms with van der Waals surface area (Å²) in [7, 11) is 0. The maximum atomic E-state index is 11.6. The molecule has 4 nitrogen and oxygen atoms in total. The standard InChI is InChI=1S/C11H22N2O2/c1-2-3-11(14)13-7-4-10(5-8-13)6-9-15-12/h10H,2-9,12H2,1H3. The quantitative estimate of drug-likeness (QED) is 0.702. The van der Waals surface area contributed by atoms with Crippen molar-refractivity contribution in [1.29, 1.82) is 0 Å². The van der Waals surface area contributed by atoms with E-state index < -0.39 is 0 Å². The van der Waals surface area contributed by atoms with Gasteiger partial charge in [0.2, 0.25) is 5.91 Å². The minimum Gasteiger partial charge on any atom is -0.343 e. The van der Waals surface area contributed by atoms with Crippen LogP contribution in [0.5, 0.6) is 0 Å². The van der Waals surface area contributed by atoms with Crippen molar-refractivity contribution < 1.29 is 9.63 Å². The smallest absolute Gasteiger partial charge is 0.222 e. The van der Waals surface area contributed by atoms with Gasteiger partial charge in [-0.25, -0.2) is 5.90 Å². The highest BCUT2D eigenvalue weighted by atomic mass is 16.6. The Hall–Kier alpha value is -0.610. The van der Waals surface area contributed by atoms with Crippen LogP contribution in [0.2, 0.25) is 0 Å². The van der Waals surface area contributed by atoms with Crippen molar-refractivity contribution >= 4 is 5.91 Å². The van der Waals surface area contributed by atoms with Gasteiger partial charge >= 0.3 is 0 Å². The van der Waals surface area contributed by atoms with Crippen molar-refractivity contribution in [3.8, 4) is 0 Å². The van der Waals surface area contributed by atoms with Crippen LogP contribution in [0.1, 0.15) is 39.0 Å². The van der Waals surface area contributed by atoms with Gasteiger partial charge in [0.1, 0.15) is 0 Å². The summed E-state index contributed by atoms with van der Waals surface area (Å²) >= 11 is 0. The van der Waals surface area contributed by atoms with E-state index in [1.54, 1.807) is 0 Å². The molecule has 0 spiro atoms. The fraction of sp³-hybridized carbons (Fsp3) is 0.909. The van der Waals surface area contributed by atoms with E-state index in [1.165, 1.54) is 0 Å². The molecule has 1 rings (SSSR count). The van der Waals surface area contributed by atoms with E-state index in [1.807, 2.05) is 11.8 Å². The van der Waals surface area contributed by atoms with Crippen LogP contribution in [-0.4, -0.2) is 30.5 Å². The first-order valence-electron chi connectivity index (χ1n) is 5.87. The Morgan fingerprint density at radius 1 is 1.47 bits per heavy atom. The van der Waals surface area contributed by atoms with Gasteiger partial charge in [-0.15, -0.1) is 0 Å². The lowest BCUT2D eigenvalue weighted by Gasteiger charge is -2.31. The maximum Gasteiger partial charge on any atom is 0.222 e. The van der Waals surface area contributed by atoms with Gasteiger partial charge in [0.25, 0.3) is 0 Å². The van der Waals surface area contributed by atoms with E-state index in [2.05, 4.69) is 4.84 Å². The second-order valence-corrected chi connectivity index (χ2v) is 4.23. The zero-order valence-corrected chi connectivity index (χ0v) is 9.58. The molecule has 88 valence electrons. The number of nitrogens with zero attached hydrogens (tertiary/aromatic N) is 1. The molecule has 15 heavy (non-hydrogen) atoms.